The zero-order valence-electron chi connectivity index (χ0n) is 8.36. The predicted octanol–water partition coefficient (Wildman–Crippen LogP) is 1.97. The summed E-state index contributed by atoms with van der Waals surface area (Å²) in [5.74, 6) is 1.71. The van der Waals surface area contributed by atoms with Crippen LogP contribution in [-0.4, -0.2) is 24.8 Å². The molecule has 0 aliphatic carbocycles. The van der Waals surface area contributed by atoms with Gasteiger partial charge in [0.2, 0.25) is 5.89 Å². The average molecular weight is 197 g/mol. The fourth-order valence-corrected chi connectivity index (χ4v) is 1.61. The van der Waals surface area contributed by atoms with E-state index < -0.39 is 0 Å². The molecular weight excluding hydrogens is 182 g/mol. The van der Waals surface area contributed by atoms with Crippen LogP contribution in [0.25, 0.3) is 0 Å². The van der Waals surface area contributed by atoms with Gasteiger partial charge in [0.25, 0.3) is 0 Å². The maximum absolute atomic E-state index is 5.47. The van der Waals surface area contributed by atoms with Gasteiger partial charge in [-0.25, -0.2) is 4.98 Å². The van der Waals surface area contributed by atoms with Gasteiger partial charge in [-0.1, -0.05) is 0 Å². The van der Waals surface area contributed by atoms with Crippen LogP contribution in [0.15, 0.2) is 10.6 Å². The Labute approximate surface area is 83.2 Å². The fourth-order valence-electron chi connectivity index (χ4n) is 1.61. The van der Waals surface area contributed by atoms with Gasteiger partial charge in [0.15, 0.2) is 0 Å². The van der Waals surface area contributed by atoms with Crippen LogP contribution in [0.3, 0.4) is 0 Å². The van der Waals surface area contributed by atoms with Gasteiger partial charge in [-0.15, -0.1) is 0 Å². The van der Waals surface area contributed by atoms with Gasteiger partial charge < -0.3 is 13.9 Å². The van der Waals surface area contributed by atoms with Crippen LogP contribution in [0.1, 0.15) is 31.6 Å². The van der Waals surface area contributed by atoms with Gasteiger partial charge in [-0.3, -0.25) is 0 Å². The highest BCUT2D eigenvalue weighted by molar-refractivity contribution is 5.03. The molecule has 1 saturated heterocycles. The van der Waals surface area contributed by atoms with Crippen LogP contribution in [-0.2, 0) is 4.74 Å². The number of nitrogens with zero attached hydrogens (tertiary/aromatic N) is 1. The lowest BCUT2D eigenvalue weighted by Crippen LogP contribution is -2.14. The van der Waals surface area contributed by atoms with Gasteiger partial charge in [0.1, 0.15) is 6.20 Å². The summed E-state index contributed by atoms with van der Waals surface area (Å²) in [5.41, 5.74) is 0. The molecule has 0 aromatic carbocycles. The summed E-state index contributed by atoms with van der Waals surface area (Å²) in [7, 11) is 0. The molecule has 0 radical (unpaired) electrons. The molecule has 0 atom stereocenters. The maximum atomic E-state index is 5.47. The predicted molar refractivity (Wildman–Crippen MR) is 50.5 cm³/mol. The molecule has 0 saturated carbocycles. The summed E-state index contributed by atoms with van der Waals surface area (Å²) < 4.78 is 16.0. The monoisotopic (exact) mass is 197 g/mol. The van der Waals surface area contributed by atoms with Gasteiger partial charge in [-0.2, -0.15) is 0 Å². The van der Waals surface area contributed by atoms with E-state index in [4.69, 9.17) is 13.9 Å². The Bertz CT molecular complexity index is 279. The van der Waals surface area contributed by atoms with E-state index in [1.165, 1.54) is 0 Å². The normalized spacial score (nSPS) is 18.4. The summed E-state index contributed by atoms with van der Waals surface area (Å²) in [6.07, 6.45) is 3.63. The summed E-state index contributed by atoms with van der Waals surface area (Å²) in [5, 5.41) is 0. The van der Waals surface area contributed by atoms with Gasteiger partial charge in [0, 0.05) is 19.1 Å². The lowest BCUT2D eigenvalue weighted by Gasteiger charge is -2.18. The third-order valence-corrected chi connectivity index (χ3v) is 2.36. The van der Waals surface area contributed by atoms with Crippen molar-refractivity contribution < 1.29 is 13.9 Å². The molecule has 1 aliphatic rings. The van der Waals surface area contributed by atoms with E-state index in [1.54, 1.807) is 6.20 Å². The molecule has 1 fully saturated rings. The molecule has 0 spiro atoms. The zero-order valence-corrected chi connectivity index (χ0v) is 8.36. The Morgan fingerprint density at radius 3 is 3.00 bits per heavy atom. The molecule has 1 aromatic rings. The highest BCUT2D eigenvalue weighted by Crippen LogP contribution is 2.28. The summed E-state index contributed by atoms with van der Waals surface area (Å²) in [6.45, 7) is 4.15. The van der Waals surface area contributed by atoms with E-state index in [-0.39, 0.29) is 0 Å². The lowest BCUT2D eigenvalue weighted by atomic mass is 10.0. The molecule has 1 aliphatic heterocycles. The van der Waals surface area contributed by atoms with Crippen molar-refractivity contribution in [2.45, 2.75) is 25.7 Å². The molecule has 14 heavy (non-hydrogen) atoms. The smallest absolute Gasteiger partial charge is 0.305 e. The van der Waals surface area contributed by atoms with Gasteiger partial charge >= 0.3 is 5.95 Å². The van der Waals surface area contributed by atoms with Crippen molar-refractivity contribution in [1.82, 2.24) is 4.98 Å². The van der Waals surface area contributed by atoms with Crippen molar-refractivity contribution in [2.24, 2.45) is 0 Å². The number of aromatic nitrogens is 1. The van der Waals surface area contributed by atoms with Crippen LogP contribution in [0.2, 0.25) is 0 Å². The molecule has 0 amide bonds. The highest BCUT2D eigenvalue weighted by Gasteiger charge is 2.20. The molecule has 0 bridgehead atoms. The second-order valence-electron chi connectivity index (χ2n) is 3.34. The number of hydrogen-bond donors (Lipinski definition) is 0. The number of ether oxygens (including phenoxy) is 2. The Morgan fingerprint density at radius 2 is 2.29 bits per heavy atom. The van der Waals surface area contributed by atoms with Crippen LogP contribution >= 0.6 is 0 Å². The fraction of sp³-hybridized carbons (Fsp3) is 0.700. The van der Waals surface area contributed by atoms with E-state index in [0.717, 1.165) is 31.9 Å². The van der Waals surface area contributed by atoms with Crippen LogP contribution in [0, 0.1) is 0 Å². The minimum Gasteiger partial charge on any atom is -0.464 e. The van der Waals surface area contributed by atoms with Crippen LogP contribution in [0.4, 0.5) is 0 Å². The molecule has 2 rings (SSSR count). The molecule has 0 N–H and O–H groups in total. The second-order valence-corrected chi connectivity index (χ2v) is 3.34. The molecule has 2 heterocycles. The lowest BCUT2D eigenvalue weighted by molar-refractivity contribution is 0.0782. The number of rotatable bonds is 3. The van der Waals surface area contributed by atoms with E-state index >= 15 is 0 Å². The minimum absolute atomic E-state index is 0.401. The van der Waals surface area contributed by atoms with Crippen molar-refractivity contribution >= 4 is 0 Å². The molecule has 4 heteroatoms. The van der Waals surface area contributed by atoms with Crippen LogP contribution < -0.4 is 4.74 Å². The first-order valence-electron chi connectivity index (χ1n) is 5.06. The first-order chi connectivity index (χ1) is 6.90. The third-order valence-electron chi connectivity index (χ3n) is 2.36. The van der Waals surface area contributed by atoms with Crippen LogP contribution in [0.5, 0.6) is 5.95 Å². The average Bonchev–Trinajstić information content (AvgIpc) is 2.68. The molecule has 1 aromatic heterocycles. The van der Waals surface area contributed by atoms with Gasteiger partial charge in [-0.05, 0) is 19.8 Å². The molecule has 0 unspecified atom stereocenters. The standard InChI is InChI=1S/C10H15NO3/c1-2-13-9-7-11-10(14-9)8-3-5-12-6-4-8/h7-8H,2-6H2,1H3. The van der Waals surface area contributed by atoms with E-state index in [1.807, 2.05) is 6.92 Å². The zero-order chi connectivity index (χ0) is 9.80. The first kappa shape index (κ1) is 9.52. The SMILES string of the molecule is CCOc1cnc(C2CCOCC2)o1. The topological polar surface area (TPSA) is 44.5 Å². The van der Waals surface area contributed by atoms with E-state index in [2.05, 4.69) is 4.98 Å². The quantitative estimate of drug-likeness (QED) is 0.743. The molecular formula is C10H15NO3. The number of hydrogen-bond acceptors (Lipinski definition) is 4. The summed E-state index contributed by atoms with van der Waals surface area (Å²) in [6, 6.07) is 0. The second kappa shape index (κ2) is 4.46. The number of oxazole rings is 1. The molecule has 78 valence electrons. The summed E-state index contributed by atoms with van der Waals surface area (Å²) in [4.78, 5) is 4.21. The Kier molecular flexibility index (Phi) is 3.03. The minimum atomic E-state index is 0.401. The molecule has 4 nitrogen and oxygen atoms in total. The first-order valence-corrected chi connectivity index (χ1v) is 5.06. The van der Waals surface area contributed by atoms with Crippen molar-refractivity contribution in [2.75, 3.05) is 19.8 Å². The van der Waals surface area contributed by atoms with E-state index in [0.29, 0.717) is 18.5 Å². The van der Waals surface area contributed by atoms with Gasteiger partial charge in [0.05, 0.1) is 6.61 Å². The summed E-state index contributed by atoms with van der Waals surface area (Å²) >= 11 is 0. The van der Waals surface area contributed by atoms with Crippen molar-refractivity contribution in [3.05, 3.63) is 12.1 Å². The highest BCUT2D eigenvalue weighted by atomic mass is 16.6. The van der Waals surface area contributed by atoms with E-state index in [9.17, 15) is 0 Å². The Morgan fingerprint density at radius 1 is 1.50 bits per heavy atom. The Balaban J connectivity index is 2.00. The van der Waals surface area contributed by atoms with Crippen molar-refractivity contribution in [1.29, 1.82) is 0 Å². The third kappa shape index (κ3) is 2.07. The Hall–Kier alpha value is -1.03. The van der Waals surface area contributed by atoms with Crippen molar-refractivity contribution in [3.63, 3.8) is 0 Å². The maximum Gasteiger partial charge on any atom is 0.305 e. The van der Waals surface area contributed by atoms with Crippen molar-refractivity contribution in [3.8, 4) is 5.95 Å². The largest absolute Gasteiger partial charge is 0.464 e.